The molecule has 0 amide bonds. The fourth-order valence-electron chi connectivity index (χ4n) is 2.20. The summed E-state index contributed by atoms with van der Waals surface area (Å²) in [5.41, 5.74) is 0.514. The van der Waals surface area contributed by atoms with Gasteiger partial charge in [0.1, 0.15) is 17.1 Å². The van der Waals surface area contributed by atoms with Crippen LogP contribution in [0.4, 0.5) is 0 Å². The van der Waals surface area contributed by atoms with E-state index in [1.807, 2.05) is 0 Å². The molecule has 4 nitrogen and oxygen atoms in total. The molecular weight excluding hydrogens is 254 g/mol. The number of carbonyl (C=O) groups excluding carboxylic acids is 1. The number of rotatable bonds is 9. The second-order valence-electron chi connectivity index (χ2n) is 5.31. The van der Waals surface area contributed by atoms with Gasteiger partial charge in [-0.15, -0.1) is 0 Å². The van der Waals surface area contributed by atoms with E-state index >= 15 is 0 Å². The maximum absolute atomic E-state index is 11.5. The number of hydrogen-bond donors (Lipinski definition) is 1. The Hall–Kier alpha value is -1.29. The minimum absolute atomic E-state index is 0.342. The van der Waals surface area contributed by atoms with Gasteiger partial charge in [-0.25, -0.2) is 4.79 Å². The smallest absolute Gasteiger partial charge is 0.341 e. The van der Waals surface area contributed by atoms with Gasteiger partial charge < -0.3 is 14.5 Å². The third kappa shape index (κ3) is 5.37. The van der Waals surface area contributed by atoms with E-state index in [0.29, 0.717) is 23.9 Å². The largest absolute Gasteiger partial charge is 0.465 e. The molecule has 20 heavy (non-hydrogen) atoms. The Morgan fingerprint density at radius 1 is 1.40 bits per heavy atom. The van der Waals surface area contributed by atoms with Crippen molar-refractivity contribution >= 4 is 5.97 Å². The van der Waals surface area contributed by atoms with E-state index in [1.165, 1.54) is 39.2 Å². The fourth-order valence-corrected chi connectivity index (χ4v) is 2.20. The maximum Gasteiger partial charge on any atom is 0.341 e. The molecule has 0 aliphatic rings. The molecule has 1 heterocycles. The van der Waals surface area contributed by atoms with Crippen molar-refractivity contribution in [1.82, 2.24) is 5.32 Å². The van der Waals surface area contributed by atoms with Gasteiger partial charge in [0.05, 0.1) is 13.7 Å². The third-order valence-corrected chi connectivity index (χ3v) is 3.49. The average Bonchev–Trinajstić information content (AvgIpc) is 2.81. The Morgan fingerprint density at radius 3 is 2.80 bits per heavy atom. The number of hydrogen-bond acceptors (Lipinski definition) is 4. The van der Waals surface area contributed by atoms with Crippen LogP contribution in [0.1, 0.15) is 67.8 Å². The number of nitrogens with one attached hydrogen (secondary N) is 1. The van der Waals surface area contributed by atoms with Crippen LogP contribution in [-0.2, 0) is 11.3 Å². The Labute approximate surface area is 121 Å². The van der Waals surface area contributed by atoms with Crippen LogP contribution >= 0.6 is 0 Å². The Kier molecular flexibility index (Phi) is 7.37. The summed E-state index contributed by atoms with van der Waals surface area (Å²) in [4.78, 5) is 11.5. The molecule has 1 aromatic heterocycles. The highest BCUT2D eigenvalue weighted by molar-refractivity contribution is 5.90. The van der Waals surface area contributed by atoms with E-state index in [-0.39, 0.29) is 5.97 Å². The Balaban J connectivity index is 2.36. The summed E-state index contributed by atoms with van der Waals surface area (Å²) in [6.07, 6.45) is 6.31. The van der Waals surface area contributed by atoms with Crippen LogP contribution in [0.15, 0.2) is 10.5 Å². The molecule has 1 aromatic rings. The van der Waals surface area contributed by atoms with E-state index in [0.717, 1.165) is 5.76 Å². The predicted molar refractivity (Wildman–Crippen MR) is 79.8 cm³/mol. The highest BCUT2D eigenvalue weighted by atomic mass is 16.5. The molecule has 114 valence electrons. The lowest BCUT2D eigenvalue weighted by molar-refractivity contribution is 0.0599. The van der Waals surface area contributed by atoms with Gasteiger partial charge in [0.25, 0.3) is 0 Å². The fraction of sp³-hybridized carbons (Fsp3) is 0.688. The van der Waals surface area contributed by atoms with Crippen molar-refractivity contribution in [3.63, 3.8) is 0 Å². The van der Waals surface area contributed by atoms with Crippen molar-refractivity contribution in [3.05, 3.63) is 23.2 Å². The first kappa shape index (κ1) is 16.8. The topological polar surface area (TPSA) is 51.5 Å². The minimum atomic E-state index is -0.342. The van der Waals surface area contributed by atoms with Gasteiger partial charge in [0.15, 0.2) is 0 Å². The maximum atomic E-state index is 11.5. The van der Waals surface area contributed by atoms with Crippen molar-refractivity contribution in [1.29, 1.82) is 0 Å². The van der Waals surface area contributed by atoms with Gasteiger partial charge in [-0.3, -0.25) is 0 Å². The van der Waals surface area contributed by atoms with Gasteiger partial charge in [0, 0.05) is 6.04 Å². The number of unbranched alkanes of at least 4 members (excludes halogenated alkanes) is 3. The van der Waals surface area contributed by atoms with Crippen LogP contribution < -0.4 is 5.32 Å². The van der Waals surface area contributed by atoms with E-state index < -0.39 is 0 Å². The van der Waals surface area contributed by atoms with E-state index in [2.05, 4.69) is 19.2 Å². The van der Waals surface area contributed by atoms with Crippen molar-refractivity contribution in [2.45, 2.75) is 65.5 Å². The van der Waals surface area contributed by atoms with Crippen LogP contribution in [0.2, 0.25) is 0 Å². The highest BCUT2D eigenvalue weighted by Crippen LogP contribution is 2.16. The van der Waals surface area contributed by atoms with Gasteiger partial charge in [-0.2, -0.15) is 0 Å². The number of ether oxygens (including phenoxy) is 1. The minimum Gasteiger partial charge on any atom is -0.465 e. The molecule has 0 aliphatic carbocycles. The second kappa shape index (κ2) is 8.80. The summed E-state index contributed by atoms with van der Waals surface area (Å²) >= 11 is 0. The molecular formula is C16H27NO3. The van der Waals surface area contributed by atoms with Crippen molar-refractivity contribution in [2.75, 3.05) is 7.11 Å². The molecule has 1 unspecified atom stereocenters. The van der Waals surface area contributed by atoms with Crippen LogP contribution in [-0.4, -0.2) is 19.1 Å². The first-order valence-corrected chi connectivity index (χ1v) is 7.49. The standard InChI is InChI=1S/C16H27NO3/c1-5-6-7-8-9-12(2)17-11-14-10-15(13(3)20-14)16(18)19-4/h10,12,17H,5-9,11H2,1-4H3. The molecule has 0 bridgehead atoms. The lowest BCUT2D eigenvalue weighted by atomic mass is 10.1. The van der Waals surface area contributed by atoms with Crippen molar-refractivity contribution in [2.24, 2.45) is 0 Å². The number of furan rings is 1. The van der Waals surface area contributed by atoms with Gasteiger partial charge >= 0.3 is 5.97 Å². The summed E-state index contributed by atoms with van der Waals surface area (Å²) in [6.45, 7) is 6.83. The van der Waals surface area contributed by atoms with E-state index in [9.17, 15) is 4.79 Å². The molecule has 0 radical (unpaired) electrons. The van der Waals surface area contributed by atoms with Gasteiger partial charge in [0.2, 0.25) is 0 Å². The molecule has 0 spiro atoms. The van der Waals surface area contributed by atoms with Gasteiger partial charge in [-0.1, -0.05) is 32.6 Å². The zero-order chi connectivity index (χ0) is 15.0. The van der Waals surface area contributed by atoms with Crippen LogP contribution in [0.5, 0.6) is 0 Å². The molecule has 1 N–H and O–H groups in total. The summed E-state index contributed by atoms with van der Waals surface area (Å²) in [5.74, 6) is 1.05. The molecule has 0 saturated carbocycles. The zero-order valence-corrected chi connectivity index (χ0v) is 13.1. The molecule has 0 saturated heterocycles. The third-order valence-electron chi connectivity index (χ3n) is 3.49. The number of aryl methyl sites for hydroxylation is 1. The van der Waals surface area contributed by atoms with Crippen LogP contribution in [0, 0.1) is 6.92 Å². The van der Waals surface area contributed by atoms with Crippen LogP contribution in [0.3, 0.4) is 0 Å². The molecule has 0 aliphatic heterocycles. The Morgan fingerprint density at radius 2 is 2.15 bits per heavy atom. The summed E-state index contributed by atoms with van der Waals surface area (Å²) in [5, 5.41) is 3.43. The molecule has 1 atom stereocenters. The van der Waals surface area contributed by atoms with Crippen molar-refractivity contribution < 1.29 is 13.9 Å². The first-order chi connectivity index (χ1) is 9.58. The molecule has 4 heteroatoms. The molecule has 0 aromatic carbocycles. The molecule has 0 fully saturated rings. The SMILES string of the molecule is CCCCCCC(C)NCc1cc(C(=O)OC)c(C)o1. The summed E-state index contributed by atoms with van der Waals surface area (Å²) in [6, 6.07) is 2.22. The monoisotopic (exact) mass is 281 g/mol. The van der Waals surface area contributed by atoms with Crippen molar-refractivity contribution in [3.8, 4) is 0 Å². The Bertz CT molecular complexity index is 412. The first-order valence-electron chi connectivity index (χ1n) is 7.49. The lowest BCUT2D eigenvalue weighted by Gasteiger charge is -2.12. The zero-order valence-electron chi connectivity index (χ0n) is 13.1. The van der Waals surface area contributed by atoms with Gasteiger partial charge in [-0.05, 0) is 26.3 Å². The summed E-state index contributed by atoms with van der Waals surface area (Å²) < 4.78 is 10.3. The predicted octanol–water partition coefficient (Wildman–Crippen LogP) is 3.82. The van der Waals surface area contributed by atoms with E-state index in [1.54, 1.807) is 13.0 Å². The lowest BCUT2D eigenvalue weighted by Crippen LogP contribution is -2.25. The van der Waals surface area contributed by atoms with E-state index in [4.69, 9.17) is 9.15 Å². The van der Waals surface area contributed by atoms with Crippen LogP contribution in [0.25, 0.3) is 0 Å². The quantitative estimate of drug-likeness (QED) is 0.552. The second-order valence-corrected chi connectivity index (χ2v) is 5.31. The molecule has 1 rings (SSSR count). The average molecular weight is 281 g/mol. The number of esters is 1. The number of methoxy groups -OCH3 is 1. The summed E-state index contributed by atoms with van der Waals surface area (Å²) in [7, 11) is 1.38. The number of carbonyl (C=O) groups is 1. The normalized spacial score (nSPS) is 12.4. The highest BCUT2D eigenvalue weighted by Gasteiger charge is 2.15.